The van der Waals surface area contributed by atoms with Crippen LogP contribution in [0.25, 0.3) is 0 Å². The molecule has 0 aliphatic heterocycles. The maximum atomic E-state index is 12.2. The number of aliphatic hydroxyl groups is 1. The minimum Gasteiger partial charge on any atom is -0.409 e. The first-order valence-corrected chi connectivity index (χ1v) is 5.80. The Balaban J connectivity index is 2.94. The Morgan fingerprint density at radius 3 is 2.53 bits per heavy atom. The van der Waals surface area contributed by atoms with Crippen molar-refractivity contribution in [1.29, 1.82) is 0 Å². The van der Waals surface area contributed by atoms with Crippen LogP contribution in [0.5, 0.6) is 0 Å². The standard InChI is InChI=1S/C13H19N3O3/c1-13(2,18)8-16(3)12(17)10-6-4-5-9(7-10)11(14)15-19/h4-7,18-19H,8H2,1-3H3,(H2,14,15). The van der Waals surface area contributed by atoms with E-state index in [9.17, 15) is 9.90 Å². The van der Waals surface area contributed by atoms with Crippen LogP contribution < -0.4 is 5.73 Å². The molecule has 0 bridgehead atoms. The summed E-state index contributed by atoms with van der Waals surface area (Å²) in [6, 6.07) is 6.47. The predicted molar refractivity (Wildman–Crippen MR) is 72.2 cm³/mol. The van der Waals surface area contributed by atoms with Crippen LogP contribution in [0.2, 0.25) is 0 Å². The van der Waals surface area contributed by atoms with Crippen LogP contribution in [0.4, 0.5) is 0 Å². The molecule has 0 saturated heterocycles. The molecule has 0 spiro atoms. The smallest absolute Gasteiger partial charge is 0.253 e. The Hall–Kier alpha value is -2.08. The zero-order valence-corrected chi connectivity index (χ0v) is 11.3. The minimum atomic E-state index is -0.965. The van der Waals surface area contributed by atoms with Gasteiger partial charge in [0.05, 0.1) is 5.60 Å². The molecule has 1 amide bonds. The molecule has 19 heavy (non-hydrogen) atoms. The molecule has 0 heterocycles. The first-order valence-electron chi connectivity index (χ1n) is 5.80. The molecule has 0 fully saturated rings. The van der Waals surface area contributed by atoms with E-state index >= 15 is 0 Å². The highest BCUT2D eigenvalue weighted by molar-refractivity contribution is 6.01. The van der Waals surface area contributed by atoms with Crippen LogP contribution in [-0.4, -0.2) is 46.1 Å². The van der Waals surface area contributed by atoms with E-state index < -0.39 is 5.60 Å². The summed E-state index contributed by atoms with van der Waals surface area (Å²) in [5, 5.41) is 21.2. The Kier molecular flexibility index (Phi) is 4.50. The van der Waals surface area contributed by atoms with Gasteiger partial charge in [-0.3, -0.25) is 4.79 Å². The van der Waals surface area contributed by atoms with Gasteiger partial charge in [0.2, 0.25) is 0 Å². The fourth-order valence-electron chi connectivity index (χ4n) is 1.74. The quantitative estimate of drug-likeness (QED) is 0.322. The molecule has 0 aromatic heterocycles. The number of likely N-dealkylation sites (N-methyl/N-ethyl adjacent to an activating group) is 1. The summed E-state index contributed by atoms with van der Waals surface area (Å²) < 4.78 is 0. The fraction of sp³-hybridized carbons (Fsp3) is 0.385. The third-order valence-electron chi connectivity index (χ3n) is 2.48. The van der Waals surface area contributed by atoms with Crippen LogP contribution in [0.1, 0.15) is 29.8 Å². The number of amides is 1. The van der Waals surface area contributed by atoms with Gasteiger partial charge in [-0.2, -0.15) is 0 Å². The second-order valence-corrected chi connectivity index (χ2v) is 5.04. The summed E-state index contributed by atoms with van der Waals surface area (Å²) in [5.41, 5.74) is 5.39. The number of benzene rings is 1. The maximum Gasteiger partial charge on any atom is 0.253 e. The van der Waals surface area contributed by atoms with E-state index in [-0.39, 0.29) is 18.3 Å². The highest BCUT2D eigenvalue weighted by Gasteiger charge is 2.20. The van der Waals surface area contributed by atoms with Gasteiger partial charge in [-0.1, -0.05) is 17.3 Å². The van der Waals surface area contributed by atoms with Gasteiger partial charge in [0.25, 0.3) is 5.91 Å². The van der Waals surface area contributed by atoms with Gasteiger partial charge in [0, 0.05) is 24.7 Å². The number of carbonyl (C=O) groups is 1. The number of carbonyl (C=O) groups excluding carboxylic acids is 1. The highest BCUT2D eigenvalue weighted by Crippen LogP contribution is 2.10. The lowest BCUT2D eigenvalue weighted by Crippen LogP contribution is -2.39. The van der Waals surface area contributed by atoms with Crippen molar-refractivity contribution in [3.63, 3.8) is 0 Å². The predicted octanol–water partition coefficient (Wildman–Crippen LogP) is 0.624. The largest absolute Gasteiger partial charge is 0.409 e. The van der Waals surface area contributed by atoms with E-state index in [2.05, 4.69) is 5.16 Å². The molecule has 0 radical (unpaired) electrons. The summed E-state index contributed by atoms with van der Waals surface area (Å²) in [5.74, 6) is -0.297. The van der Waals surface area contributed by atoms with Crippen LogP contribution in [0.15, 0.2) is 29.4 Å². The summed E-state index contributed by atoms with van der Waals surface area (Å²) in [6.45, 7) is 3.47. The van der Waals surface area contributed by atoms with Crippen LogP contribution in [0, 0.1) is 0 Å². The van der Waals surface area contributed by atoms with Gasteiger partial charge >= 0.3 is 0 Å². The average molecular weight is 265 g/mol. The monoisotopic (exact) mass is 265 g/mol. The van der Waals surface area contributed by atoms with Crippen molar-refractivity contribution in [3.8, 4) is 0 Å². The van der Waals surface area contributed by atoms with Crippen LogP contribution in [0.3, 0.4) is 0 Å². The Morgan fingerprint density at radius 1 is 1.42 bits per heavy atom. The Bertz CT molecular complexity index is 492. The molecule has 1 aromatic rings. The minimum absolute atomic E-state index is 0.0557. The number of hydrogen-bond donors (Lipinski definition) is 3. The zero-order chi connectivity index (χ0) is 14.6. The van der Waals surface area contributed by atoms with Gasteiger partial charge in [-0.15, -0.1) is 0 Å². The van der Waals surface area contributed by atoms with E-state index in [0.29, 0.717) is 11.1 Å². The van der Waals surface area contributed by atoms with E-state index in [4.69, 9.17) is 10.9 Å². The van der Waals surface area contributed by atoms with Gasteiger partial charge in [-0.05, 0) is 26.0 Å². The van der Waals surface area contributed by atoms with Crippen molar-refractivity contribution in [2.24, 2.45) is 10.9 Å². The second-order valence-electron chi connectivity index (χ2n) is 5.04. The number of amidine groups is 1. The maximum absolute atomic E-state index is 12.2. The number of nitrogens with two attached hydrogens (primary N) is 1. The lowest BCUT2D eigenvalue weighted by atomic mass is 10.1. The molecule has 0 aliphatic rings. The molecule has 0 unspecified atom stereocenters. The molecule has 104 valence electrons. The third kappa shape index (κ3) is 4.26. The molecule has 1 rings (SSSR count). The second kappa shape index (κ2) is 5.71. The van der Waals surface area contributed by atoms with E-state index in [1.165, 1.54) is 11.0 Å². The van der Waals surface area contributed by atoms with Crippen LogP contribution in [-0.2, 0) is 0 Å². The molecule has 4 N–H and O–H groups in total. The molecule has 6 heteroatoms. The molecule has 0 aliphatic carbocycles. The topological polar surface area (TPSA) is 99.2 Å². The summed E-state index contributed by atoms with van der Waals surface area (Å²) in [7, 11) is 1.61. The molecular weight excluding hydrogens is 246 g/mol. The summed E-state index contributed by atoms with van der Waals surface area (Å²) >= 11 is 0. The number of oxime groups is 1. The van der Waals surface area contributed by atoms with Crippen LogP contribution >= 0.6 is 0 Å². The summed E-state index contributed by atoms with van der Waals surface area (Å²) in [4.78, 5) is 13.6. The van der Waals surface area contributed by atoms with E-state index in [1.807, 2.05) is 0 Å². The van der Waals surface area contributed by atoms with Gasteiger partial charge in [0.1, 0.15) is 0 Å². The first-order chi connectivity index (χ1) is 8.74. The lowest BCUT2D eigenvalue weighted by molar-refractivity contribution is 0.0368. The normalized spacial score (nSPS) is 12.3. The average Bonchev–Trinajstić information content (AvgIpc) is 2.35. The van der Waals surface area contributed by atoms with Crippen molar-refractivity contribution >= 4 is 11.7 Å². The number of hydrogen-bond acceptors (Lipinski definition) is 4. The first kappa shape index (κ1) is 15.0. The fourth-order valence-corrected chi connectivity index (χ4v) is 1.74. The third-order valence-corrected chi connectivity index (χ3v) is 2.48. The Labute approximate surface area is 112 Å². The molecule has 6 nitrogen and oxygen atoms in total. The van der Waals surface area contributed by atoms with Gasteiger partial charge in [-0.25, -0.2) is 0 Å². The van der Waals surface area contributed by atoms with Crippen molar-refractivity contribution < 1.29 is 15.1 Å². The van der Waals surface area contributed by atoms with Crippen molar-refractivity contribution in [2.75, 3.05) is 13.6 Å². The number of rotatable bonds is 4. The van der Waals surface area contributed by atoms with Gasteiger partial charge < -0.3 is 20.9 Å². The lowest BCUT2D eigenvalue weighted by Gasteiger charge is -2.25. The van der Waals surface area contributed by atoms with E-state index in [0.717, 1.165) is 0 Å². The van der Waals surface area contributed by atoms with Crippen molar-refractivity contribution in [1.82, 2.24) is 4.90 Å². The zero-order valence-electron chi connectivity index (χ0n) is 11.3. The molecular formula is C13H19N3O3. The Morgan fingerprint density at radius 2 is 2.00 bits per heavy atom. The SMILES string of the molecule is CN(CC(C)(C)O)C(=O)c1cccc(C(N)=NO)c1. The molecule has 0 saturated carbocycles. The highest BCUT2D eigenvalue weighted by atomic mass is 16.4. The van der Waals surface area contributed by atoms with E-state index in [1.54, 1.807) is 39.1 Å². The van der Waals surface area contributed by atoms with Gasteiger partial charge in [0.15, 0.2) is 5.84 Å². The van der Waals surface area contributed by atoms with Crippen molar-refractivity contribution in [3.05, 3.63) is 35.4 Å². The molecule has 0 atom stereocenters. The van der Waals surface area contributed by atoms with Crippen molar-refractivity contribution in [2.45, 2.75) is 19.4 Å². The molecule has 1 aromatic carbocycles. The summed E-state index contributed by atoms with van der Waals surface area (Å²) in [6.07, 6.45) is 0. The number of nitrogens with zero attached hydrogens (tertiary/aromatic N) is 2.